The van der Waals surface area contributed by atoms with E-state index in [4.69, 9.17) is 31.0 Å². The first-order valence-electron chi connectivity index (χ1n) is 13.9. The van der Waals surface area contributed by atoms with Crippen molar-refractivity contribution in [3.05, 3.63) is 76.1 Å². The van der Waals surface area contributed by atoms with Crippen LogP contribution in [0.5, 0.6) is 11.5 Å². The Kier molecular flexibility index (Phi) is 6.18. The molecule has 2 atom stereocenters. The maximum atomic E-state index is 14.4. The van der Waals surface area contributed by atoms with Crippen molar-refractivity contribution in [3.8, 4) is 22.8 Å². The van der Waals surface area contributed by atoms with E-state index in [1.54, 1.807) is 25.3 Å². The van der Waals surface area contributed by atoms with Gasteiger partial charge in [-0.15, -0.1) is 0 Å². The third-order valence-electron chi connectivity index (χ3n) is 8.29. The summed E-state index contributed by atoms with van der Waals surface area (Å²) in [6.45, 7) is 3.11. The van der Waals surface area contributed by atoms with Gasteiger partial charge in [0, 0.05) is 53.5 Å². The molecular weight excluding hydrogens is 531 g/mol. The summed E-state index contributed by atoms with van der Waals surface area (Å²) in [7, 11) is 1.60. The minimum absolute atomic E-state index is 0.0262. The van der Waals surface area contributed by atoms with Crippen molar-refractivity contribution in [1.82, 2.24) is 19.7 Å². The first-order valence-corrected chi connectivity index (χ1v) is 14.2. The molecule has 3 aromatic heterocycles. The van der Waals surface area contributed by atoms with Gasteiger partial charge in [-0.2, -0.15) is 0 Å². The Bertz CT molecular complexity index is 1650. The van der Waals surface area contributed by atoms with Crippen molar-refractivity contribution in [1.29, 1.82) is 0 Å². The lowest BCUT2D eigenvalue weighted by atomic mass is 9.93. The van der Waals surface area contributed by atoms with E-state index in [1.807, 2.05) is 16.8 Å². The molecule has 1 aliphatic heterocycles. The molecule has 4 aromatic rings. The zero-order chi connectivity index (χ0) is 27.5. The largest absolute Gasteiger partial charge is 0.493 e. The van der Waals surface area contributed by atoms with Crippen molar-refractivity contribution in [2.45, 2.75) is 50.4 Å². The van der Waals surface area contributed by atoms with Crippen LogP contribution < -0.4 is 14.8 Å². The van der Waals surface area contributed by atoms with Gasteiger partial charge in [-0.3, -0.25) is 4.79 Å². The lowest BCUT2D eigenvalue weighted by Crippen LogP contribution is -2.30. The average molecular weight is 561 g/mol. The predicted molar refractivity (Wildman–Crippen MR) is 150 cm³/mol. The number of carbonyl (C=O) groups is 1. The molecule has 40 heavy (non-hydrogen) atoms. The Morgan fingerprint density at radius 3 is 2.75 bits per heavy atom. The van der Waals surface area contributed by atoms with Crippen LogP contribution in [0.3, 0.4) is 0 Å². The van der Waals surface area contributed by atoms with E-state index in [0.29, 0.717) is 53.3 Å². The molecule has 1 aromatic carbocycles. The highest BCUT2D eigenvalue weighted by Crippen LogP contribution is 2.47. The molecule has 0 saturated heterocycles. The Balaban J connectivity index is 1.18. The van der Waals surface area contributed by atoms with Crippen LogP contribution in [-0.4, -0.2) is 40.5 Å². The second kappa shape index (κ2) is 9.77. The number of nitrogens with zero attached hydrogens (tertiary/aromatic N) is 3. The fourth-order valence-electron chi connectivity index (χ4n) is 5.67. The summed E-state index contributed by atoms with van der Waals surface area (Å²) in [5.74, 6) is 1.75. The fourth-order valence-corrected chi connectivity index (χ4v) is 5.79. The standard InChI is InChI=1S/C31H30ClFN4O3/c1-16-15-40-29-21(16)11-25(35-28(29)19-7-8-23(32)24(33)9-19)22(17-3-4-17)12-34-31(38)20-10-27(39-2)30-36-26(18-5-6-18)14-37(30)13-20/h7-11,13-14,16-18,22H,3-6,12,15H2,1-2H3,(H,34,38). The zero-order valence-electron chi connectivity index (χ0n) is 22.4. The molecule has 9 heteroatoms. The molecule has 2 aliphatic carbocycles. The SMILES string of the molecule is COc1cc(C(=O)NCC(c2cc3c(c(-c4ccc(Cl)c(F)c4)n2)OCC3C)C2CC2)cn2cc(C3CC3)nc12. The number of hydrogen-bond acceptors (Lipinski definition) is 5. The van der Waals surface area contributed by atoms with Crippen LogP contribution in [0.25, 0.3) is 16.9 Å². The first kappa shape index (κ1) is 25.3. The molecule has 206 valence electrons. The minimum Gasteiger partial charge on any atom is -0.493 e. The van der Waals surface area contributed by atoms with Gasteiger partial charge >= 0.3 is 0 Å². The molecule has 1 N–H and O–H groups in total. The first-order chi connectivity index (χ1) is 19.4. The fraction of sp³-hybridized carbons (Fsp3) is 0.387. The van der Waals surface area contributed by atoms with Gasteiger partial charge in [0.05, 0.1) is 30.0 Å². The summed E-state index contributed by atoms with van der Waals surface area (Å²) in [6.07, 6.45) is 8.27. The van der Waals surface area contributed by atoms with Crippen LogP contribution in [0.15, 0.2) is 42.7 Å². The molecule has 3 aliphatic rings. The number of methoxy groups -OCH3 is 1. The van der Waals surface area contributed by atoms with E-state index >= 15 is 0 Å². The number of imidazole rings is 1. The van der Waals surface area contributed by atoms with Gasteiger partial charge in [0.15, 0.2) is 11.4 Å². The molecule has 1 amide bonds. The van der Waals surface area contributed by atoms with Crippen LogP contribution in [0.4, 0.5) is 4.39 Å². The Morgan fingerprint density at radius 1 is 1.20 bits per heavy atom. The highest BCUT2D eigenvalue weighted by molar-refractivity contribution is 6.30. The Hall–Kier alpha value is -3.65. The number of benzene rings is 1. The van der Waals surface area contributed by atoms with E-state index < -0.39 is 5.82 Å². The Labute approximate surface area is 236 Å². The summed E-state index contributed by atoms with van der Waals surface area (Å²) in [5, 5.41) is 3.22. The van der Waals surface area contributed by atoms with Gasteiger partial charge in [0.1, 0.15) is 17.3 Å². The number of nitrogens with one attached hydrogen (secondary N) is 1. The average Bonchev–Trinajstić information content (AvgIpc) is 3.89. The van der Waals surface area contributed by atoms with Crippen LogP contribution in [0.1, 0.15) is 77.7 Å². The molecule has 2 unspecified atom stereocenters. The zero-order valence-corrected chi connectivity index (χ0v) is 23.2. The summed E-state index contributed by atoms with van der Waals surface area (Å²) < 4.78 is 27.9. The molecule has 2 fully saturated rings. The van der Waals surface area contributed by atoms with E-state index in [2.05, 4.69) is 18.3 Å². The van der Waals surface area contributed by atoms with E-state index in [1.165, 1.54) is 6.07 Å². The molecule has 4 heterocycles. The van der Waals surface area contributed by atoms with Crippen molar-refractivity contribution >= 4 is 23.2 Å². The third-order valence-corrected chi connectivity index (χ3v) is 8.60. The van der Waals surface area contributed by atoms with Gasteiger partial charge in [-0.1, -0.05) is 24.6 Å². The van der Waals surface area contributed by atoms with Gasteiger partial charge in [-0.05, 0) is 55.9 Å². The Morgan fingerprint density at radius 2 is 2.02 bits per heavy atom. The number of carbonyl (C=O) groups excluding carboxylic acids is 1. The van der Waals surface area contributed by atoms with Gasteiger partial charge in [-0.25, -0.2) is 14.4 Å². The van der Waals surface area contributed by atoms with Crippen LogP contribution in [0, 0.1) is 11.7 Å². The van der Waals surface area contributed by atoms with Crippen molar-refractivity contribution in [2.24, 2.45) is 5.92 Å². The highest BCUT2D eigenvalue weighted by atomic mass is 35.5. The van der Waals surface area contributed by atoms with Crippen molar-refractivity contribution in [3.63, 3.8) is 0 Å². The molecule has 7 rings (SSSR count). The minimum atomic E-state index is -0.494. The molecule has 7 nitrogen and oxygen atoms in total. The van der Waals surface area contributed by atoms with E-state index in [0.717, 1.165) is 48.3 Å². The number of halogens is 2. The lowest BCUT2D eigenvalue weighted by Gasteiger charge is -2.20. The van der Waals surface area contributed by atoms with Crippen molar-refractivity contribution < 1.29 is 18.7 Å². The summed E-state index contributed by atoms with van der Waals surface area (Å²) >= 11 is 5.95. The summed E-state index contributed by atoms with van der Waals surface area (Å²) in [6, 6.07) is 8.58. The van der Waals surface area contributed by atoms with Gasteiger partial charge in [0.2, 0.25) is 0 Å². The maximum absolute atomic E-state index is 14.4. The monoisotopic (exact) mass is 560 g/mol. The normalized spacial score (nSPS) is 18.9. The third kappa shape index (κ3) is 4.58. The van der Waals surface area contributed by atoms with Crippen LogP contribution >= 0.6 is 11.6 Å². The molecule has 0 radical (unpaired) electrons. The molecule has 0 spiro atoms. The smallest absolute Gasteiger partial charge is 0.252 e. The number of aromatic nitrogens is 3. The van der Waals surface area contributed by atoms with E-state index in [9.17, 15) is 9.18 Å². The van der Waals surface area contributed by atoms with Gasteiger partial charge in [0.25, 0.3) is 5.91 Å². The highest BCUT2D eigenvalue weighted by Gasteiger charge is 2.36. The number of ether oxygens (including phenoxy) is 2. The lowest BCUT2D eigenvalue weighted by molar-refractivity contribution is 0.0949. The van der Waals surface area contributed by atoms with Gasteiger partial charge < -0.3 is 19.2 Å². The van der Waals surface area contributed by atoms with Crippen LogP contribution in [-0.2, 0) is 0 Å². The second-order valence-corrected chi connectivity index (χ2v) is 11.7. The van der Waals surface area contributed by atoms with E-state index in [-0.39, 0.29) is 22.8 Å². The number of fused-ring (bicyclic) bond motifs is 2. The molecule has 0 bridgehead atoms. The van der Waals surface area contributed by atoms with Crippen molar-refractivity contribution in [2.75, 3.05) is 20.3 Å². The molecular formula is C31H30ClFN4O3. The summed E-state index contributed by atoms with van der Waals surface area (Å²) in [4.78, 5) is 23.1. The quantitative estimate of drug-likeness (QED) is 0.266. The molecule has 2 saturated carbocycles. The number of rotatable bonds is 8. The predicted octanol–water partition coefficient (Wildman–Crippen LogP) is 6.49. The number of hydrogen-bond donors (Lipinski definition) is 1. The number of amides is 1. The topological polar surface area (TPSA) is 77.8 Å². The maximum Gasteiger partial charge on any atom is 0.252 e. The summed E-state index contributed by atoms with van der Waals surface area (Å²) in [5.41, 5.74) is 5.48. The number of pyridine rings is 2. The van der Waals surface area contributed by atoms with Crippen LogP contribution in [0.2, 0.25) is 5.02 Å². The second-order valence-electron chi connectivity index (χ2n) is 11.3.